The normalized spacial score (nSPS) is 26.8. The Morgan fingerprint density at radius 3 is 2.70 bits per heavy atom. The summed E-state index contributed by atoms with van der Waals surface area (Å²) >= 11 is 0. The highest BCUT2D eigenvalue weighted by molar-refractivity contribution is 7.87. The van der Waals surface area contributed by atoms with Crippen LogP contribution in [0.3, 0.4) is 0 Å². The Kier molecular flexibility index (Phi) is 6.19. The first-order valence-corrected chi connectivity index (χ1v) is 8.86. The van der Waals surface area contributed by atoms with Crippen LogP contribution in [0.4, 0.5) is 0 Å². The molecule has 8 heteroatoms. The summed E-state index contributed by atoms with van der Waals surface area (Å²) in [4.78, 5) is 2.67. The van der Waals surface area contributed by atoms with Crippen LogP contribution in [-0.4, -0.2) is 70.2 Å². The summed E-state index contributed by atoms with van der Waals surface area (Å²) in [6, 6.07) is 0. The van der Waals surface area contributed by atoms with E-state index in [-0.39, 0.29) is 0 Å². The van der Waals surface area contributed by atoms with Gasteiger partial charge in [-0.3, -0.25) is 0 Å². The van der Waals surface area contributed by atoms with Crippen molar-refractivity contribution in [2.75, 3.05) is 52.5 Å². The molecule has 118 valence electrons. The smallest absolute Gasteiger partial charge is 0.292 e. The molecule has 1 atom stereocenters. The molecule has 2 aliphatic rings. The van der Waals surface area contributed by atoms with E-state index < -0.39 is 10.2 Å². The summed E-state index contributed by atoms with van der Waals surface area (Å²) in [5, 5.41) is 5.03. The fraction of sp³-hybridized carbons (Fsp3) is 1.00. The summed E-state index contributed by atoms with van der Waals surface area (Å²) in [5.74, 6) is 0.407. The van der Waals surface area contributed by atoms with E-state index >= 15 is 0 Å². The minimum atomic E-state index is -3.41. The lowest BCUT2D eigenvalue weighted by Crippen LogP contribution is -2.55. The lowest BCUT2D eigenvalue weighted by molar-refractivity contribution is 0.0258. The van der Waals surface area contributed by atoms with Crippen molar-refractivity contribution >= 4 is 10.2 Å². The van der Waals surface area contributed by atoms with Crippen LogP contribution in [0.25, 0.3) is 0 Å². The second-order valence-electron chi connectivity index (χ2n) is 5.37. The van der Waals surface area contributed by atoms with E-state index in [1.54, 1.807) is 9.31 Å². The highest BCUT2D eigenvalue weighted by atomic mass is 32.2. The predicted molar refractivity (Wildman–Crippen MR) is 77.3 cm³/mol. The highest BCUT2D eigenvalue weighted by Crippen LogP contribution is 2.18. The third-order valence-corrected chi connectivity index (χ3v) is 5.26. The third-order valence-electron chi connectivity index (χ3n) is 3.76. The number of nitrogens with zero attached hydrogens (tertiary/aromatic N) is 2. The van der Waals surface area contributed by atoms with E-state index in [0.29, 0.717) is 45.3 Å². The van der Waals surface area contributed by atoms with Gasteiger partial charge in [-0.15, -0.1) is 4.83 Å². The van der Waals surface area contributed by atoms with Crippen molar-refractivity contribution in [3.8, 4) is 0 Å². The van der Waals surface area contributed by atoms with Crippen LogP contribution in [0.5, 0.6) is 0 Å². The van der Waals surface area contributed by atoms with Gasteiger partial charge in [0.1, 0.15) is 0 Å². The van der Waals surface area contributed by atoms with Crippen LogP contribution in [0.1, 0.15) is 19.8 Å². The minimum absolute atomic E-state index is 0.407. The molecule has 2 N–H and O–H groups in total. The monoisotopic (exact) mass is 306 g/mol. The van der Waals surface area contributed by atoms with E-state index in [0.717, 1.165) is 25.9 Å². The van der Waals surface area contributed by atoms with Gasteiger partial charge < -0.3 is 10.1 Å². The molecule has 0 amide bonds. The number of ether oxygens (including phenoxy) is 1. The molecular weight excluding hydrogens is 280 g/mol. The Balaban J connectivity index is 1.87. The highest BCUT2D eigenvalue weighted by Gasteiger charge is 2.30. The molecule has 2 aliphatic heterocycles. The van der Waals surface area contributed by atoms with Crippen molar-refractivity contribution in [3.05, 3.63) is 0 Å². The molecular formula is C12H26N4O3S. The van der Waals surface area contributed by atoms with Gasteiger partial charge in [-0.05, 0) is 31.8 Å². The molecule has 7 nitrogen and oxygen atoms in total. The SMILES string of the molecule is CCNCC1CCCN(S(=O)(=O)NN2CCOCC2)C1. The number of nitrogens with one attached hydrogen (secondary N) is 2. The molecule has 2 saturated heterocycles. The summed E-state index contributed by atoms with van der Waals surface area (Å²) in [6.07, 6.45) is 2.02. The first-order chi connectivity index (χ1) is 9.62. The number of rotatable bonds is 6. The largest absolute Gasteiger partial charge is 0.379 e. The minimum Gasteiger partial charge on any atom is -0.379 e. The Morgan fingerprint density at radius 1 is 1.25 bits per heavy atom. The van der Waals surface area contributed by atoms with Crippen LogP contribution >= 0.6 is 0 Å². The third kappa shape index (κ3) is 4.64. The van der Waals surface area contributed by atoms with Gasteiger partial charge in [0.05, 0.1) is 13.2 Å². The molecule has 0 aromatic rings. The lowest BCUT2D eigenvalue weighted by Gasteiger charge is -2.34. The van der Waals surface area contributed by atoms with Gasteiger partial charge in [0.2, 0.25) is 0 Å². The number of piperidine rings is 1. The van der Waals surface area contributed by atoms with E-state index in [1.807, 2.05) is 0 Å². The fourth-order valence-corrected chi connectivity index (χ4v) is 4.04. The molecule has 2 heterocycles. The Morgan fingerprint density at radius 2 is 2.00 bits per heavy atom. The van der Waals surface area contributed by atoms with E-state index in [4.69, 9.17) is 4.74 Å². The molecule has 0 bridgehead atoms. The molecule has 0 aromatic carbocycles. The lowest BCUT2D eigenvalue weighted by atomic mass is 10.00. The second kappa shape index (κ2) is 7.67. The molecule has 1 unspecified atom stereocenters. The maximum absolute atomic E-state index is 12.4. The molecule has 0 aromatic heterocycles. The Bertz CT molecular complexity index is 384. The zero-order valence-corrected chi connectivity index (χ0v) is 13.0. The van der Waals surface area contributed by atoms with E-state index in [1.165, 1.54) is 0 Å². The molecule has 2 rings (SSSR count). The first-order valence-electron chi connectivity index (χ1n) is 7.42. The van der Waals surface area contributed by atoms with Gasteiger partial charge in [-0.1, -0.05) is 6.92 Å². The molecule has 20 heavy (non-hydrogen) atoms. The van der Waals surface area contributed by atoms with Gasteiger partial charge >= 0.3 is 0 Å². The second-order valence-corrected chi connectivity index (χ2v) is 7.02. The van der Waals surface area contributed by atoms with Crippen LogP contribution in [0.2, 0.25) is 0 Å². The maximum atomic E-state index is 12.4. The van der Waals surface area contributed by atoms with Crippen molar-refractivity contribution in [2.24, 2.45) is 5.92 Å². The van der Waals surface area contributed by atoms with Crippen LogP contribution < -0.4 is 10.1 Å². The Hall–Kier alpha value is -0.250. The van der Waals surface area contributed by atoms with Gasteiger partial charge in [-0.2, -0.15) is 12.7 Å². The van der Waals surface area contributed by atoms with Gasteiger partial charge in [0.25, 0.3) is 10.2 Å². The summed E-state index contributed by atoms with van der Waals surface area (Å²) < 4.78 is 31.6. The molecule has 0 saturated carbocycles. The quantitative estimate of drug-likeness (QED) is 0.685. The topological polar surface area (TPSA) is 73.9 Å². The van der Waals surface area contributed by atoms with E-state index in [2.05, 4.69) is 17.1 Å². The molecule has 2 fully saturated rings. The van der Waals surface area contributed by atoms with Crippen molar-refractivity contribution in [1.29, 1.82) is 0 Å². The average Bonchev–Trinajstić information content (AvgIpc) is 2.46. The average molecular weight is 306 g/mol. The van der Waals surface area contributed by atoms with E-state index in [9.17, 15) is 8.42 Å². The number of hydrazine groups is 1. The zero-order valence-electron chi connectivity index (χ0n) is 12.2. The van der Waals surface area contributed by atoms with Crippen molar-refractivity contribution in [1.82, 2.24) is 19.5 Å². The molecule has 0 radical (unpaired) electrons. The molecule has 0 spiro atoms. The fourth-order valence-electron chi connectivity index (χ4n) is 2.64. The standard InChI is InChI=1S/C12H26N4O3S/c1-2-13-10-12-4-3-5-16(11-12)20(17,18)14-15-6-8-19-9-7-15/h12-14H,2-11H2,1H3. The maximum Gasteiger partial charge on any atom is 0.292 e. The van der Waals surface area contributed by atoms with Crippen LogP contribution in [-0.2, 0) is 14.9 Å². The zero-order chi connectivity index (χ0) is 14.4. The van der Waals surface area contributed by atoms with Gasteiger partial charge in [-0.25, -0.2) is 5.01 Å². The summed E-state index contributed by atoms with van der Waals surface area (Å²) in [6.45, 7) is 7.46. The Labute approximate surface area is 121 Å². The number of morpholine rings is 1. The van der Waals surface area contributed by atoms with Crippen molar-refractivity contribution < 1.29 is 13.2 Å². The van der Waals surface area contributed by atoms with Gasteiger partial charge in [0, 0.05) is 26.2 Å². The first kappa shape index (κ1) is 16.1. The summed E-state index contributed by atoms with van der Waals surface area (Å²) in [7, 11) is -3.41. The van der Waals surface area contributed by atoms with Crippen molar-refractivity contribution in [2.45, 2.75) is 19.8 Å². The van der Waals surface area contributed by atoms with Crippen LogP contribution in [0, 0.1) is 5.92 Å². The van der Waals surface area contributed by atoms with Crippen molar-refractivity contribution in [3.63, 3.8) is 0 Å². The predicted octanol–water partition coefficient (Wildman–Crippen LogP) is -0.610. The van der Waals surface area contributed by atoms with Gasteiger partial charge in [0.15, 0.2) is 0 Å². The number of hydrogen-bond donors (Lipinski definition) is 2. The summed E-state index contributed by atoms with van der Waals surface area (Å²) in [5.41, 5.74) is 0. The molecule has 0 aliphatic carbocycles. The number of hydrogen-bond acceptors (Lipinski definition) is 5. The van der Waals surface area contributed by atoms with Crippen LogP contribution in [0.15, 0.2) is 0 Å².